The van der Waals surface area contributed by atoms with E-state index in [1.165, 1.54) is 28.9 Å². The van der Waals surface area contributed by atoms with Gasteiger partial charge in [-0.3, -0.25) is 4.79 Å². The highest BCUT2D eigenvalue weighted by Gasteiger charge is 2.26. The van der Waals surface area contributed by atoms with Gasteiger partial charge in [0.25, 0.3) is 0 Å². The van der Waals surface area contributed by atoms with E-state index >= 15 is 0 Å². The second-order valence-electron chi connectivity index (χ2n) is 8.14. The minimum absolute atomic E-state index is 0.162. The zero-order valence-electron chi connectivity index (χ0n) is 18.3. The van der Waals surface area contributed by atoms with Gasteiger partial charge in [-0.05, 0) is 62.2 Å². The molecule has 2 heterocycles. The molecule has 2 aliphatic heterocycles. The van der Waals surface area contributed by atoms with Crippen LogP contribution in [0.25, 0.3) is 0 Å². The Bertz CT molecular complexity index is 1030. The summed E-state index contributed by atoms with van der Waals surface area (Å²) >= 11 is 0. The van der Waals surface area contributed by atoms with Gasteiger partial charge in [0.1, 0.15) is 6.04 Å². The van der Waals surface area contributed by atoms with Crippen molar-refractivity contribution in [1.29, 1.82) is 0 Å². The SMILES string of the molecule is CC(Nc1ccc(N2CCCC2)cc1)C(=O)Nc1cccc(S(=O)(=O)N2CCOCC2)c1. The van der Waals surface area contributed by atoms with Gasteiger partial charge in [0.05, 0.1) is 18.1 Å². The Morgan fingerprint density at radius 3 is 2.34 bits per heavy atom. The standard InChI is InChI=1S/C23H30N4O4S/c1-18(24-19-7-9-21(10-8-19)26-11-2-3-12-26)23(28)25-20-5-4-6-22(17-20)32(29,30)27-13-15-31-16-14-27/h4-10,17-18,24H,2-3,11-16H2,1H3,(H,25,28). The number of morpholine rings is 1. The quantitative estimate of drug-likeness (QED) is 0.663. The Morgan fingerprint density at radius 2 is 1.66 bits per heavy atom. The van der Waals surface area contributed by atoms with Gasteiger partial charge in [0, 0.05) is 43.2 Å². The first-order valence-electron chi connectivity index (χ1n) is 11.0. The smallest absolute Gasteiger partial charge is 0.246 e. The van der Waals surface area contributed by atoms with Crippen LogP contribution < -0.4 is 15.5 Å². The molecule has 0 aromatic heterocycles. The monoisotopic (exact) mass is 458 g/mol. The number of nitrogens with zero attached hydrogens (tertiary/aromatic N) is 2. The molecule has 1 atom stereocenters. The van der Waals surface area contributed by atoms with Crippen LogP contribution in [0.5, 0.6) is 0 Å². The van der Waals surface area contributed by atoms with Crippen LogP contribution in [0.1, 0.15) is 19.8 Å². The van der Waals surface area contributed by atoms with Gasteiger partial charge in [-0.1, -0.05) is 6.07 Å². The first-order chi connectivity index (χ1) is 15.4. The topological polar surface area (TPSA) is 91.0 Å². The van der Waals surface area contributed by atoms with Crippen molar-refractivity contribution in [3.8, 4) is 0 Å². The highest BCUT2D eigenvalue weighted by molar-refractivity contribution is 7.89. The lowest BCUT2D eigenvalue weighted by atomic mass is 10.2. The molecule has 4 rings (SSSR count). The summed E-state index contributed by atoms with van der Waals surface area (Å²) in [6.45, 7) is 5.39. The van der Waals surface area contributed by atoms with Crippen molar-refractivity contribution in [3.63, 3.8) is 0 Å². The molecule has 0 radical (unpaired) electrons. The molecule has 2 saturated heterocycles. The van der Waals surface area contributed by atoms with Gasteiger partial charge < -0.3 is 20.3 Å². The average Bonchev–Trinajstić information content (AvgIpc) is 3.35. The minimum Gasteiger partial charge on any atom is -0.379 e. The van der Waals surface area contributed by atoms with Gasteiger partial charge in [0.15, 0.2) is 0 Å². The number of sulfonamides is 1. The number of hydrogen-bond acceptors (Lipinski definition) is 6. The number of nitrogens with one attached hydrogen (secondary N) is 2. The van der Waals surface area contributed by atoms with Crippen molar-refractivity contribution >= 4 is 33.0 Å². The first kappa shape index (κ1) is 22.6. The fraction of sp³-hybridized carbons (Fsp3) is 0.435. The predicted molar refractivity (Wildman–Crippen MR) is 126 cm³/mol. The number of benzene rings is 2. The molecule has 32 heavy (non-hydrogen) atoms. The maximum absolute atomic E-state index is 12.9. The molecule has 1 amide bonds. The Kier molecular flexibility index (Phi) is 6.98. The maximum Gasteiger partial charge on any atom is 0.246 e. The van der Waals surface area contributed by atoms with E-state index in [4.69, 9.17) is 4.74 Å². The van der Waals surface area contributed by atoms with Gasteiger partial charge in [-0.15, -0.1) is 0 Å². The van der Waals surface area contributed by atoms with E-state index in [-0.39, 0.29) is 10.8 Å². The van der Waals surface area contributed by atoms with E-state index < -0.39 is 16.1 Å². The zero-order valence-corrected chi connectivity index (χ0v) is 19.1. The molecule has 2 aromatic rings. The van der Waals surface area contributed by atoms with Crippen LogP contribution in [-0.4, -0.2) is 64.1 Å². The molecule has 8 nitrogen and oxygen atoms in total. The lowest BCUT2D eigenvalue weighted by Gasteiger charge is -2.26. The van der Waals surface area contributed by atoms with Crippen molar-refractivity contribution in [2.45, 2.75) is 30.7 Å². The summed E-state index contributed by atoms with van der Waals surface area (Å²) in [5, 5.41) is 6.02. The summed E-state index contributed by atoms with van der Waals surface area (Å²) in [6.07, 6.45) is 2.46. The number of rotatable bonds is 7. The van der Waals surface area contributed by atoms with Crippen molar-refractivity contribution in [2.75, 3.05) is 54.9 Å². The highest BCUT2D eigenvalue weighted by atomic mass is 32.2. The van der Waals surface area contributed by atoms with E-state index in [0.29, 0.717) is 32.0 Å². The number of amides is 1. The average molecular weight is 459 g/mol. The number of carbonyl (C=O) groups is 1. The van der Waals surface area contributed by atoms with Crippen LogP contribution in [-0.2, 0) is 19.6 Å². The van der Waals surface area contributed by atoms with Crippen LogP contribution in [0.2, 0.25) is 0 Å². The van der Waals surface area contributed by atoms with Gasteiger partial charge in [-0.25, -0.2) is 8.42 Å². The first-order valence-corrected chi connectivity index (χ1v) is 12.5. The van der Waals surface area contributed by atoms with E-state index in [9.17, 15) is 13.2 Å². The summed E-state index contributed by atoms with van der Waals surface area (Å²) in [4.78, 5) is 15.2. The summed E-state index contributed by atoms with van der Waals surface area (Å²) in [7, 11) is -3.62. The molecular formula is C23H30N4O4S. The maximum atomic E-state index is 12.9. The highest BCUT2D eigenvalue weighted by Crippen LogP contribution is 2.23. The lowest BCUT2D eigenvalue weighted by molar-refractivity contribution is -0.116. The third-order valence-corrected chi connectivity index (χ3v) is 7.72. The molecule has 2 fully saturated rings. The number of ether oxygens (including phenoxy) is 1. The fourth-order valence-corrected chi connectivity index (χ4v) is 5.43. The van der Waals surface area contributed by atoms with Crippen LogP contribution in [0, 0.1) is 0 Å². The lowest BCUT2D eigenvalue weighted by Crippen LogP contribution is -2.40. The number of hydrogen-bond donors (Lipinski definition) is 2. The molecule has 0 spiro atoms. The van der Waals surface area contributed by atoms with Gasteiger partial charge >= 0.3 is 0 Å². The largest absolute Gasteiger partial charge is 0.379 e. The van der Waals surface area contributed by atoms with Crippen LogP contribution in [0.4, 0.5) is 17.1 Å². The molecule has 2 aliphatic rings. The minimum atomic E-state index is -3.62. The van der Waals surface area contributed by atoms with E-state index in [1.807, 2.05) is 12.1 Å². The molecule has 2 N–H and O–H groups in total. The summed E-state index contributed by atoms with van der Waals surface area (Å²) in [5.41, 5.74) is 2.50. The third-order valence-electron chi connectivity index (χ3n) is 5.82. The summed E-state index contributed by atoms with van der Waals surface area (Å²) < 4.78 is 32.4. The van der Waals surface area contributed by atoms with E-state index in [2.05, 4.69) is 27.7 Å². The Labute approximate surface area is 189 Å². The molecule has 0 bridgehead atoms. The van der Waals surface area contributed by atoms with Crippen molar-refractivity contribution in [3.05, 3.63) is 48.5 Å². The number of carbonyl (C=O) groups excluding carboxylic acids is 1. The molecule has 0 aliphatic carbocycles. The fourth-order valence-electron chi connectivity index (χ4n) is 3.98. The Balaban J connectivity index is 1.37. The molecule has 2 aromatic carbocycles. The molecule has 9 heteroatoms. The second-order valence-corrected chi connectivity index (χ2v) is 10.1. The van der Waals surface area contributed by atoms with E-state index in [0.717, 1.165) is 18.8 Å². The molecule has 172 valence electrons. The van der Waals surface area contributed by atoms with Crippen molar-refractivity contribution in [2.24, 2.45) is 0 Å². The van der Waals surface area contributed by atoms with Crippen molar-refractivity contribution < 1.29 is 17.9 Å². The van der Waals surface area contributed by atoms with Crippen LogP contribution in [0.15, 0.2) is 53.4 Å². The predicted octanol–water partition coefficient (Wildman–Crippen LogP) is 2.75. The normalized spacial score (nSPS) is 18.3. The van der Waals surface area contributed by atoms with Crippen molar-refractivity contribution in [1.82, 2.24) is 4.31 Å². The molecule has 0 saturated carbocycles. The van der Waals surface area contributed by atoms with Crippen LogP contribution >= 0.6 is 0 Å². The van der Waals surface area contributed by atoms with Gasteiger partial charge in [-0.2, -0.15) is 4.31 Å². The second kappa shape index (κ2) is 9.89. The Morgan fingerprint density at radius 1 is 0.969 bits per heavy atom. The Hall–Kier alpha value is -2.62. The summed E-state index contributed by atoms with van der Waals surface area (Å²) in [6, 6.07) is 14.0. The summed E-state index contributed by atoms with van der Waals surface area (Å²) in [5.74, 6) is -0.241. The molecular weight excluding hydrogens is 428 g/mol. The van der Waals surface area contributed by atoms with Gasteiger partial charge in [0.2, 0.25) is 15.9 Å². The zero-order chi connectivity index (χ0) is 22.6. The molecule has 1 unspecified atom stereocenters. The van der Waals surface area contributed by atoms with E-state index in [1.54, 1.807) is 25.1 Å². The number of anilines is 3. The van der Waals surface area contributed by atoms with Crippen LogP contribution in [0.3, 0.4) is 0 Å². The third kappa shape index (κ3) is 5.23.